The molecule has 1 aliphatic carbocycles. The van der Waals surface area contributed by atoms with Crippen molar-refractivity contribution in [2.24, 2.45) is 0 Å². The van der Waals surface area contributed by atoms with Crippen LogP contribution in [0, 0.1) is 6.92 Å². The second-order valence-corrected chi connectivity index (χ2v) is 5.55. The van der Waals surface area contributed by atoms with Gasteiger partial charge in [-0.25, -0.2) is 4.98 Å². The molecule has 0 radical (unpaired) electrons. The lowest BCUT2D eigenvalue weighted by Crippen LogP contribution is -2.44. The minimum absolute atomic E-state index is 0.274. The van der Waals surface area contributed by atoms with Crippen LogP contribution in [0.15, 0.2) is 24.4 Å². The first-order chi connectivity index (χ1) is 9.58. The van der Waals surface area contributed by atoms with Crippen LogP contribution in [0.2, 0.25) is 0 Å². The average Bonchev–Trinajstić information content (AvgIpc) is 3.04. The summed E-state index contributed by atoms with van der Waals surface area (Å²) in [5.74, 6) is -0.274. The summed E-state index contributed by atoms with van der Waals surface area (Å²) in [6.07, 6.45) is 4.87. The van der Waals surface area contributed by atoms with Gasteiger partial charge in [-0.1, -0.05) is 6.07 Å². The molecule has 0 saturated heterocycles. The Morgan fingerprint density at radius 2 is 2.20 bits per heavy atom. The van der Waals surface area contributed by atoms with E-state index in [0.717, 1.165) is 29.9 Å². The normalized spacial score (nSPS) is 17.5. The van der Waals surface area contributed by atoms with Crippen molar-refractivity contribution < 1.29 is 9.90 Å². The molecular formula is C15H19N3O2. The van der Waals surface area contributed by atoms with Gasteiger partial charge < -0.3 is 14.8 Å². The molecule has 1 fully saturated rings. The Kier molecular flexibility index (Phi) is 3.22. The van der Waals surface area contributed by atoms with Crippen LogP contribution in [-0.4, -0.2) is 26.0 Å². The first-order valence-corrected chi connectivity index (χ1v) is 7.03. The van der Waals surface area contributed by atoms with E-state index in [9.17, 15) is 9.90 Å². The van der Waals surface area contributed by atoms with Crippen LogP contribution >= 0.6 is 0 Å². The van der Waals surface area contributed by atoms with E-state index in [4.69, 9.17) is 0 Å². The zero-order valence-electron chi connectivity index (χ0n) is 11.6. The fourth-order valence-corrected chi connectivity index (χ4v) is 2.81. The number of carbonyl (C=O) groups is 1. The fourth-order valence-electron chi connectivity index (χ4n) is 2.81. The highest BCUT2D eigenvalue weighted by Crippen LogP contribution is 2.29. The van der Waals surface area contributed by atoms with Gasteiger partial charge >= 0.3 is 0 Å². The third kappa shape index (κ3) is 2.29. The largest absolute Gasteiger partial charge is 0.380 e. The SMILES string of the molecule is Cc1cccc2nc(CNC(=O)C3(O)CCCC3)cn12. The molecule has 0 aromatic carbocycles. The smallest absolute Gasteiger partial charge is 0.252 e. The highest BCUT2D eigenvalue weighted by atomic mass is 16.3. The van der Waals surface area contributed by atoms with Gasteiger partial charge in [0, 0.05) is 11.9 Å². The predicted molar refractivity (Wildman–Crippen MR) is 75.2 cm³/mol. The number of amides is 1. The summed E-state index contributed by atoms with van der Waals surface area (Å²) in [5, 5.41) is 13.0. The molecule has 5 nitrogen and oxygen atoms in total. The minimum Gasteiger partial charge on any atom is -0.380 e. The Labute approximate surface area is 117 Å². The second kappa shape index (κ2) is 4.90. The Morgan fingerprint density at radius 1 is 1.45 bits per heavy atom. The number of hydrogen-bond donors (Lipinski definition) is 2. The van der Waals surface area contributed by atoms with Gasteiger partial charge in [0.15, 0.2) is 0 Å². The van der Waals surface area contributed by atoms with Crippen LogP contribution in [0.4, 0.5) is 0 Å². The Morgan fingerprint density at radius 3 is 2.90 bits per heavy atom. The van der Waals surface area contributed by atoms with Gasteiger partial charge in [0.2, 0.25) is 0 Å². The lowest BCUT2D eigenvalue weighted by molar-refractivity contribution is -0.139. The van der Waals surface area contributed by atoms with Crippen LogP contribution in [-0.2, 0) is 11.3 Å². The number of carbonyl (C=O) groups excluding carboxylic acids is 1. The molecule has 5 heteroatoms. The summed E-state index contributed by atoms with van der Waals surface area (Å²) < 4.78 is 1.99. The van der Waals surface area contributed by atoms with Gasteiger partial charge in [0.05, 0.1) is 12.2 Å². The summed E-state index contributed by atoms with van der Waals surface area (Å²) in [7, 11) is 0. The minimum atomic E-state index is -1.17. The topological polar surface area (TPSA) is 66.6 Å². The molecule has 1 saturated carbocycles. The molecule has 2 N–H and O–H groups in total. The lowest BCUT2D eigenvalue weighted by atomic mass is 10.0. The van der Waals surface area contributed by atoms with Crippen molar-refractivity contribution in [3.63, 3.8) is 0 Å². The van der Waals surface area contributed by atoms with Gasteiger partial charge in [-0.05, 0) is 44.7 Å². The van der Waals surface area contributed by atoms with Crippen molar-refractivity contribution in [2.75, 3.05) is 0 Å². The molecule has 3 rings (SSSR count). The number of nitrogens with one attached hydrogen (secondary N) is 1. The Hall–Kier alpha value is -1.88. The second-order valence-electron chi connectivity index (χ2n) is 5.55. The standard InChI is InChI=1S/C15H19N3O2/c1-11-5-4-6-13-17-12(10-18(11)13)9-16-14(19)15(20)7-2-3-8-15/h4-6,10,20H,2-3,7-9H2,1H3,(H,16,19). The number of hydrogen-bond acceptors (Lipinski definition) is 3. The highest BCUT2D eigenvalue weighted by molar-refractivity contribution is 5.85. The van der Waals surface area contributed by atoms with E-state index in [0.29, 0.717) is 19.4 Å². The highest BCUT2D eigenvalue weighted by Gasteiger charge is 2.38. The maximum absolute atomic E-state index is 12.0. The maximum atomic E-state index is 12.0. The molecule has 0 bridgehead atoms. The summed E-state index contributed by atoms with van der Waals surface area (Å²) in [5.41, 5.74) is 1.60. The number of aryl methyl sites for hydroxylation is 1. The molecular weight excluding hydrogens is 254 g/mol. The van der Waals surface area contributed by atoms with E-state index in [1.54, 1.807) is 0 Å². The first kappa shape index (κ1) is 13.1. The van der Waals surface area contributed by atoms with Crippen LogP contribution in [0.5, 0.6) is 0 Å². The third-order valence-electron chi connectivity index (χ3n) is 4.03. The van der Waals surface area contributed by atoms with Gasteiger partial charge in [-0.2, -0.15) is 0 Å². The van der Waals surface area contributed by atoms with E-state index in [1.165, 1.54) is 0 Å². The number of pyridine rings is 1. The van der Waals surface area contributed by atoms with E-state index in [-0.39, 0.29) is 5.91 Å². The molecule has 1 aliphatic rings. The predicted octanol–water partition coefficient (Wildman–Crippen LogP) is 1.56. The molecule has 0 atom stereocenters. The number of fused-ring (bicyclic) bond motifs is 1. The summed E-state index contributed by atoms with van der Waals surface area (Å²) in [6, 6.07) is 5.91. The number of aliphatic hydroxyl groups is 1. The number of nitrogens with zero attached hydrogens (tertiary/aromatic N) is 2. The molecule has 20 heavy (non-hydrogen) atoms. The summed E-state index contributed by atoms with van der Waals surface area (Å²) in [4.78, 5) is 16.5. The van der Waals surface area contributed by atoms with Crippen LogP contribution in [0.25, 0.3) is 5.65 Å². The van der Waals surface area contributed by atoms with E-state index >= 15 is 0 Å². The quantitative estimate of drug-likeness (QED) is 0.892. The lowest BCUT2D eigenvalue weighted by Gasteiger charge is -2.20. The first-order valence-electron chi connectivity index (χ1n) is 7.03. The maximum Gasteiger partial charge on any atom is 0.252 e. The Bertz CT molecular complexity index is 642. The van der Waals surface area contributed by atoms with Crippen LogP contribution in [0.1, 0.15) is 37.1 Å². The van der Waals surface area contributed by atoms with Gasteiger partial charge in [0.1, 0.15) is 11.2 Å². The van der Waals surface area contributed by atoms with Gasteiger partial charge in [-0.3, -0.25) is 4.79 Å². The van der Waals surface area contributed by atoms with Crippen molar-refractivity contribution >= 4 is 11.6 Å². The number of rotatable bonds is 3. The van der Waals surface area contributed by atoms with E-state index in [2.05, 4.69) is 10.3 Å². The molecule has 2 aromatic heterocycles. The molecule has 0 spiro atoms. The van der Waals surface area contributed by atoms with E-state index < -0.39 is 5.60 Å². The molecule has 1 amide bonds. The number of aromatic nitrogens is 2. The fraction of sp³-hybridized carbons (Fsp3) is 0.467. The molecule has 0 unspecified atom stereocenters. The van der Waals surface area contributed by atoms with Crippen molar-refractivity contribution in [1.82, 2.24) is 14.7 Å². The van der Waals surface area contributed by atoms with Crippen LogP contribution < -0.4 is 5.32 Å². The van der Waals surface area contributed by atoms with Crippen molar-refractivity contribution in [1.29, 1.82) is 0 Å². The Balaban J connectivity index is 1.71. The molecule has 2 heterocycles. The monoisotopic (exact) mass is 273 g/mol. The van der Waals surface area contributed by atoms with Gasteiger partial charge in [0.25, 0.3) is 5.91 Å². The molecule has 2 aromatic rings. The van der Waals surface area contributed by atoms with E-state index in [1.807, 2.05) is 35.7 Å². The zero-order valence-corrected chi connectivity index (χ0v) is 11.6. The van der Waals surface area contributed by atoms with Crippen molar-refractivity contribution in [3.8, 4) is 0 Å². The van der Waals surface area contributed by atoms with Crippen LogP contribution in [0.3, 0.4) is 0 Å². The zero-order chi connectivity index (χ0) is 14.2. The number of imidazole rings is 1. The average molecular weight is 273 g/mol. The van der Waals surface area contributed by atoms with Gasteiger partial charge in [-0.15, -0.1) is 0 Å². The third-order valence-corrected chi connectivity index (χ3v) is 4.03. The molecule has 0 aliphatic heterocycles. The van der Waals surface area contributed by atoms with Crippen molar-refractivity contribution in [3.05, 3.63) is 35.8 Å². The molecule has 106 valence electrons. The van der Waals surface area contributed by atoms with Crippen molar-refractivity contribution in [2.45, 2.75) is 44.8 Å². The summed E-state index contributed by atoms with van der Waals surface area (Å²) >= 11 is 0. The summed E-state index contributed by atoms with van der Waals surface area (Å²) in [6.45, 7) is 2.36.